The third kappa shape index (κ3) is 14.1. The van der Waals surface area contributed by atoms with Gasteiger partial charge in [-0.3, -0.25) is 9.59 Å². The minimum atomic E-state index is -0.552. The second-order valence-electron chi connectivity index (χ2n) is 12.5. The highest BCUT2D eigenvalue weighted by molar-refractivity contribution is 9.10. The van der Waals surface area contributed by atoms with Crippen molar-refractivity contribution in [3.05, 3.63) is 46.9 Å². The van der Waals surface area contributed by atoms with E-state index in [1.165, 1.54) is 0 Å². The van der Waals surface area contributed by atoms with Crippen molar-refractivity contribution in [1.29, 1.82) is 0 Å². The average Bonchev–Trinajstić information content (AvgIpc) is 3.10. The Labute approximate surface area is 301 Å². The van der Waals surface area contributed by atoms with Crippen LogP contribution in [0.1, 0.15) is 105 Å². The molecule has 3 aromatic rings. The average molecular weight is 746 g/mol. The summed E-state index contributed by atoms with van der Waals surface area (Å²) in [5.41, 5.74) is 0. The fourth-order valence-corrected chi connectivity index (χ4v) is 5.80. The van der Waals surface area contributed by atoms with Gasteiger partial charge in [0.1, 0.15) is 24.7 Å². The van der Waals surface area contributed by atoms with Gasteiger partial charge in [-0.1, -0.05) is 106 Å². The van der Waals surface area contributed by atoms with Crippen molar-refractivity contribution in [1.82, 2.24) is 0 Å². The predicted molar refractivity (Wildman–Crippen MR) is 200 cm³/mol. The molecule has 0 fully saturated rings. The van der Waals surface area contributed by atoms with Crippen LogP contribution in [0.4, 0.5) is 0 Å². The van der Waals surface area contributed by atoms with E-state index in [-0.39, 0.29) is 38.4 Å². The Hall–Kier alpha value is -2.88. The first-order valence-electron chi connectivity index (χ1n) is 18.4. The van der Waals surface area contributed by atoms with Crippen LogP contribution in [0, 0.1) is 0 Å². The number of ether oxygens (including phenoxy) is 6. The Morgan fingerprint density at radius 1 is 0.571 bits per heavy atom. The lowest BCUT2D eigenvalue weighted by molar-refractivity contribution is -0.155. The SMILES string of the molecule is CCCCCOCC(COc1c2ccccc2c(OCC(COCCCCC)OC(=O)CCCC)c2cc(Br)ccc12)OC(=O)CCCC. The lowest BCUT2D eigenvalue weighted by Gasteiger charge is -2.23. The van der Waals surface area contributed by atoms with Gasteiger partial charge in [-0.15, -0.1) is 0 Å². The number of fused-ring (bicyclic) bond motifs is 2. The first kappa shape index (κ1) is 40.5. The maximum absolute atomic E-state index is 12.6. The second-order valence-corrected chi connectivity index (χ2v) is 13.4. The van der Waals surface area contributed by atoms with Crippen LogP contribution in [0.3, 0.4) is 0 Å². The minimum absolute atomic E-state index is 0.141. The summed E-state index contributed by atoms with van der Waals surface area (Å²) in [7, 11) is 0. The van der Waals surface area contributed by atoms with Crippen molar-refractivity contribution < 1.29 is 38.0 Å². The number of unbranched alkanes of at least 4 members (excludes halogenated alkanes) is 6. The summed E-state index contributed by atoms with van der Waals surface area (Å²) < 4.78 is 37.6. The molecular weight excluding hydrogens is 688 g/mol. The summed E-state index contributed by atoms with van der Waals surface area (Å²) >= 11 is 3.64. The summed E-state index contributed by atoms with van der Waals surface area (Å²) in [5.74, 6) is 0.858. The van der Waals surface area contributed by atoms with E-state index in [4.69, 9.17) is 28.4 Å². The molecule has 49 heavy (non-hydrogen) atoms. The molecule has 0 aliphatic rings. The molecule has 0 aliphatic carbocycles. The summed E-state index contributed by atoms with van der Waals surface area (Å²) in [6.07, 6.45) is 9.33. The van der Waals surface area contributed by atoms with Crippen LogP contribution < -0.4 is 9.47 Å². The molecule has 0 N–H and O–H groups in total. The van der Waals surface area contributed by atoms with Gasteiger partial charge in [0.25, 0.3) is 0 Å². The van der Waals surface area contributed by atoms with Gasteiger partial charge in [-0.05, 0) is 43.9 Å². The number of carbonyl (C=O) groups is 2. The zero-order valence-corrected chi connectivity index (χ0v) is 31.7. The van der Waals surface area contributed by atoms with E-state index in [1.807, 2.05) is 42.5 Å². The van der Waals surface area contributed by atoms with Crippen molar-refractivity contribution in [2.75, 3.05) is 39.6 Å². The number of carbonyl (C=O) groups excluding carboxylic acids is 2. The van der Waals surface area contributed by atoms with Crippen LogP contribution in [0.25, 0.3) is 21.5 Å². The Morgan fingerprint density at radius 2 is 1.02 bits per heavy atom. The first-order chi connectivity index (χ1) is 23.9. The largest absolute Gasteiger partial charge is 0.488 e. The third-order valence-corrected chi connectivity index (χ3v) is 8.66. The molecule has 0 radical (unpaired) electrons. The lowest BCUT2D eigenvalue weighted by atomic mass is 10.0. The molecule has 0 spiro atoms. The van der Waals surface area contributed by atoms with Crippen molar-refractivity contribution in [3.63, 3.8) is 0 Å². The number of hydrogen-bond acceptors (Lipinski definition) is 8. The standard InChI is InChI=1S/C40H57BrO8/c1-5-9-15-23-44-26-31(48-37(42)19-11-7-3)28-46-39-33-17-13-14-18-34(33)40(36-25-30(41)21-22-35(36)39)47-29-32(27-45-24-16-10-6-2)49-38(43)20-12-8-4/h13-14,17-18,21-22,25,31-32H,5-12,15-16,19-20,23-24,26-29H2,1-4H3. The van der Waals surface area contributed by atoms with Gasteiger partial charge in [-0.2, -0.15) is 0 Å². The molecule has 272 valence electrons. The van der Waals surface area contributed by atoms with E-state index < -0.39 is 12.2 Å². The molecular formula is C40H57BrO8. The Balaban J connectivity index is 1.90. The van der Waals surface area contributed by atoms with Crippen molar-refractivity contribution in [3.8, 4) is 11.5 Å². The molecule has 0 saturated carbocycles. The maximum atomic E-state index is 12.6. The van der Waals surface area contributed by atoms with Gasteiger partial charge < -0.3 is 28.4 Å². The molecule has 2 atom stereocenters. The van der Waals surface area contributed by atoms with Crippen LogP contribution in [0.5, 0.6) is 11.5 Å². The van der Waals surface area contributed by atoms with E-state index in [2.05, 4.69) is 43.6 Å². The second kappa shape index (κ2) is 23.5. The molecule has 0 bridgehead atoms. The molecule has 0 amide bonds. The minimum Gasteiger partial charge on any atom is -0.488 e. The van der Waals surface area contributed by atoms with Crippen LogP contribution in [0.15, 0.2) is 46.9 Å². The van der Waals surface area contributed by atoms with Crippen LogP contribution in [-0.2, 0) is 28.5 Å². The fraction of sp³-hybridized carbons (Fsp3) is 0.600. The number of rotatable bonds is 26. The van der Waals surface area contributed by atoms with Gasteiger partial charge in [0, 0.05) is 52.1 Å². The number of hydrogen-bond donors (Lipinski definition) is 0. The number of halogens is 1. The van der Waals surface area contributed by atoms with E-state index in [1.54, 1.807) is 0 Å². The highest BCUT2D eigenvalue weighted by atomic mass is 79.9. The van der Waals surface area contributed by atoms with Gasteiger partial charge in [0.15, 0.2) is 12.2 Å². The highest BCUT2D eigenvalue weighted by Crippen LogP contribution is 2.44. The fourth-order valence-electron chi connectivity index (χ4n) is 5.44. The molecule has 0 saturated heterocycles. The topological polar surface area (TPSA) is 89.5 Å². The van der Waals surface area contributed by atoms with Gasteiger partial charge in [0.2, 0.25) is 0 Å². The Morgan fingerprint density at radius 3 is 1.49 bits per heavy atom. The molecule has 0 aromatic heterocycles. The van der Waals surface area contributed by atoms with Gasteiger partial charge >= 0.3 is 11.9 Å². The van der Waals surface area contributed by atoms with E-state index in [9.17, 15) is 9.59 Å². The Kier molecular flexibility index (Phi) is 19.5. The van der Waals surface area contributed by atoms with E-state index in [0.717, 1.165) is 90.2 Å². The molecule has 9 heteroatoms. The first-order valence-corrected chi connectivity index (χ1v) is 19.1. The monoisotopic (exact) mass is 744 g/mol. The van der Waals surface area contributed by atoms with Crippen LogP contribution >= 0.6 is 15.9 Å². The van der Waals surface area contributed by atoms with Crippen LogP contribution in [0.2, 0.25) is 0 Å². The summed E-state index contributed by atoms with van der Waals surface area (Å²) in [5, 5.41) is 3.41. The number of esters is 2. The van der Waals surface area contributed by atoms with Crippen molar-refractivity contribution >= 4 is 49.4 Å². The summed E-state index contributed by atoms with van der Waals surface area (Å²) in [6, 6.07) is 13.9. The molecule has 0 aliphatic heterocycles. The van der Waals surface area contributed by atoms with E-state index in [0.29, 0.717) is 37.6 Å². The molecule has 2 unspecified atom stereocenters. The molecule has 3 rings (SSSR count). The van der Waals surface area contributed by atoms with Crippen molar-refractivity contribution in [2.45, 2.75) is 117 Å². The normalized spacial score (nSPS) is 12.6. The summed E-state index contributed by atoms with van der Waals surface area (Å²) in [4.78, 5) is 25.3. The van der Waals surface area contributed by atoms with Crippen LogP contribution in [-0.4, -0.2) is 63.8 Å². The Bertz CT molecular complexity index is 1410. The zero-order valence-electron chi connectivity index (χ0n) is 30.1. The zero-order chi connectivity index (χ0) is 35.3. The van der Waals surface area contributed by atoms with Gasteiger partial charge in [0.05, 0.1) is 13.2 Å². The quantitative estimate of drug-likeness (QED) is 0.0456. The lowest BCUT2D eigenvalue weighted by Crippen LogP contribution is -2.30. The van der Waals surface area contributed by atoms with E-state index >= 15 is 0 Å². The maximum Gasteiger partial charge on any atom is 0.306 e. The number of benzene rings is 3. The van der Waals surface area contributed by atoms with Gasteiger partial charge in [-0.25, -0.2) is 0 Å². The van der Waals surface area contributed by atoms with Crippen molar-refractivity contribution in [2.24, 2.45) is 0 Å². The third-order valence-electron chi connectivity index (χ3n) is 8.17. The molecule has 8 nitrogen and oxygen atoms in total. The predicted octanol–water partition coefficient (Wildman–Crippen LogP) is 10.1. The summed E-state index contributed by atoms with van der Waals surface area (Å²) in [6.45, 7) is 10.5. The highest BCUT2D eigenvalue weighted by Gasteiger charge is 2.22. The molecule has 0 heterocycles. The smallest absolute Gasteiger partial charge is 0.306 e. The molecule has 3 aromatic carbocycles.